The van der Waals surface area contributed by atoms with Gasteiger partial charge >= 0.3 is 0 Å². The van der Waals surface area contributed by atoms with Crippen molar-refractivity contribution in [3.05, 3.63) is 72.8 Å². The van der Waals surface area contributed by atoms with Gasteiger partial charge in [0.2, 0.25) is 15.2 Å². The van der Waals surface area contributed by atoms with Gasteiger partial charge < -0.3 is 10.1 Å². The molecule has 1 saturated heterocycles. The molecule has 9 nitrogen and oxygen atoms in total. The summed E-state index contributed by atoms with van der Waals surface area (Å²) < 4.78 is 35.8. The average Bonchev–Trinajstić information content (AvgIpc) is 3.35. The highest BCUT2D eigenvalue weighted by molar-refractivity contribution is 7.99. The van der Waals surface area contributed by atoms with Crippen molar-refractivity contribution in [2.75, 3.05) is 24.7 Å². The summed E-state index contributed by atoms with van der Waals surface area (Å²) in [6.45, 7) is 0.967. The van der Waals surface area contributed by atoms with Gasteiger partial charge in [-0.3, -0.25) is 0 Å². The van der Waals surface area contributed by atoms with Gasteiger partial charge in [-0.15, -0.1) is 24.8 Å². The molecule has 0 unspecified atom stereocenters. The number of hydrogen-bond donors (Lipinski definition) is 1. The maximum absolute atomic E-state index is 11.8. The molecule has 0 bridgehead atoms. The number of pyridine rings is 2. The molecule has 3 aromatic heterocycles. The van der Waals surface area contributed by atoms with Gasteiger partial charge in [0, 0.05) is 53.9 Å². The molecule has 0 amide bonds. The minimum atomic E-state index is -3.17. The first-order chi connectivity index (χ1) is 17.4. The predicted octanol–water partition coefficient (Wildman–Crippen LogP) is 6.00. The van der Waals surface area contributed by atoms with Crippen molar-refractivity contribution in [2.45, 2.75) is 28.7 Å². The minimum Gasteiger partial charge on any atom is -0.453 e. The fourth-order valence-electron chi connectivity index (χ4n) is 3.80. The number of piperidine rings is 1. The van der Waals surface area contributed by atoms with E-state index in [4.69, 9.17) is 4.74 Å². The molecule has 38 heavy (non-hydrogen) atoms. The summed E-state index contributed by atoms with van der Waals surface area (Å²) in [5.74, 6) is 2.63. The number of rotatable bonds is 8. The van der Waals surface area contributed by atoms with Gasteiger partial charge in [0.15, 0.2) is 11.6 Å². The van der Waals surface area contributed by atoms with Crippen LogP contribution in [0.1, 0.15) is 24.6 Å². The molecular weight excluding hydrogens is 587 g/mol. The normalized spacial score (nSPS) is 14.2. The number of anilines is 2. The lowest BCUT2D eigenvalue weighted by Gasteiger charge is -2.28. The highest BCUT2D eigenvalue weighted by atomic mass is 35.5. The first kappa shape index (κ1) is 30.1. The molecule has 0 saturated carbocycles. The summed E-state index contributed by atoms with van der Waals surface area (Å²) in [6, 6.07) is 17.2. The Kier molecular flexibility index (Phi) is 10.7. The highest BCUT2D eigenvalue weighted by Gasteiger charge is 2.28. The van der Waals surface area contributed by atoms with Crippen LogP contribution in [0.2, 0.25) is 0 Å². The Bertz CT molecular complexity index is 1420. The van der Waals surface area contributed by atoms with Crippen LogP contribution in [0.25, 0.3) is 0 Å². The van der Waals surface area contributed by atoms with Crippen LogP contribution < -0.4 is 10.1 Å². The van der Waals surface area contributed by atoms with Crippen LogP contribution in [0.3, 0.4) is 0 Å². The van der Waals surface area contributed by atoms with E-state index in [2.05, 4.69) is 24.6 Å². The van der Waals surface area contributed by atoms with Crippen LogP contribution in [-0.2, 0) is 10.0 Å². The molecule has 4 heterocycles. The number of para-hydroxylation sites is 1. The summed E-state index contributed by atoms with van der Waals surface area (Å²) in [5.41, 5.74) is 0. The lowest BCUT2D eigenvalue weighted by molar-refractivity contribution is 0.316. The van der Waals surface area contributed by atoms with Crippen LogP contribution in [0.15, 0.2) is 76.9 Å². The lowest BCUT2D eigenvalue weighted by Crippen LogP contribution is -2.37. The summed E-state index contributed by atoms with van der Waals surface area (Å²) in [7, 11) is -3.17. The quantitative estimate of drug-likeness (QED) is 0.256. The van der Waals surface area contributed by atoms with Crippen molar-refractivity contribution in [1.82, 2.24) is 23.6 Å². The number of aromatic nitrogens is 4. The monoisotopic (exact) mass is 612 g/mol. The van der Waals surface area contributed by atoms with Gasteiger partial charge in [0.05, 0.1) is 6.26 Å². The molecule has 0 spiro atoms. The van der Waals surface area contributed by atoms with Crippen molar-refractivity contribution >= 4 is 69.1 Å². The second-order valence-electron chi connectivity index (χ2n) is 8.22. The number of ether oxygens (including phenoxy) is 1. The zero-order valence-electron chi connectivity index (χ0n) is 20.3. The molecule has 1 aromatic carbocycles. The minimum absolute atomic E-state index is 0. The summed E-state index contributed by atoms with van der Waals surface area (Å²) in [5, 5.41) is 4.72. The van der Waals surface area contributed by atoms with Crippen molar-refractivity contribution in [3.8, 4) is 11.5 Å². The van der Waals surface area contributed by atoms with E-state index in [1.807, 2.05) is 54.6 Å². The van der Waals surface area contributed by atoms with Crippen LogP contribution in [0.4, 0.5) is 10.9 Å². The largest absolute Gasteiger partial charge is 0.453 e. The first-order valence-electron chi connectivity index (χ1n) is 11.3. The number of hydrogen-bond acceptors (Lipinski definition) is 10. The zero-order chi connectivity index (χ0) is 25.0. The number of halogens is 2. The molecule has 202 valence electrons. The topological polar surface area (TPSA) is 110 Å². The third-order valence-corrected chi connectivity index (χ3v) is 8.47. The molecule has 0 aliphatic carbocycles. The SMILES string of the molecule is CS(=O)(=O)N1CCC(c2nsc(Nc3ncc(Sc4ccccn4)cc3Oc3ccccc3)n2)CC1.Cl.Cl. The smallest absolute Gasteiger partial charge is 0.211 e. The van der Waals surface area contributed by atoms with Crippen molar-refractivity contribution in [3.63, 3.8) is 0 Å². The van der Waals surface area contributed by atoms with E-state index < -0.39 is 10.0 Å². The molecule has 1 fully saturated rings. The van der Waals surface area contributed by atoms with Gasteiger partial charge in [-0.05, 0) is 37.1 Å². The zero-order valence-corrected chi connectivity index (χ0v) is 24.3. The van der Waals surface area contributed by atoms with Gasteiger partial charge in [0.25, 0.3) is 0 Å². The molecule has 5 rings (SSSR count). The highest BCUT2D eigenvalue weighted by Crippen LogP contribution is 2.36. The molecule has 0 radical (unpaired) electrons. The third kappa shape index (κ3) is 7.78. The van der Waals surface area contributed by atoms with Crippen LogP contribution >= 0.6 is 48.1 Å². The molecule has 4 aromatic rings. The Morgan fingerprint density at radius 2 is 1.79 bits per heavy atom. The van der Waals surface area contributed by atoms with E-state index in [1.54, 1.807) is 12.4 Å². The van der Waals surface area contributed by atoms with Crippen molar-refractivity contribution in [1.29, 1.82) is 0 Å². The first-order valence-corrected chi connectivity index (χ1v) is 14.8. The molecule has 1 N–H and O–H groups in total. The van der Waals surface area contributed by atoms with E-state index in [1.165, 1.54) is 33.9 Å². The maximum Gasteiger partial charge on any atom is 0.211 e. The number of nitrogens with zero attached hydrogens (tertiary/aromatic N) is 5. The van der Waals surface area contributed by atoms with E-state index in [0.29, 0.717) is 48.4 Å². The van der Waals surface area contributed by atoms with E-state index >= 15 is 0 Å². The summed E-state index contributed by atoms with van der Waals surface area (Å²) in [6.07, 6.45) is 6.17. The molecule has 1 aliphatic rings. The Labute approximate surface area is 242 Å². The van der Waals surface area contributed by atoms with E-state index in [-0.39, 0.29) is 30.7 Å². The predicted molar refractivity (Wildman–Crippen MR) is 155 cm³/mol. The molecule has 14 heteroatoms. The van der Waals surface area contributed by atoms with Gasteiger partial charge in [-0.2, -0.15) is 4.37 Å². The number of nitrogens with one attached hydrogen (secondary N) is 1. The third-order valence-electron chi connectivity index (χ3n) is 5.61. The lowest BCUT2D eigenvalue weighted by atomic mass is 9.98. The van der Waals surface area contributed by atoms with Gasteiger partial charge in [-0.1, -0.05) is 36.0 Å². The van der Waals surface area contributed by atoms with Gasteiger partial charge in [-0.25, -0.2) is 27.7 Å². The average molecular weight is 614 g/mol. The van der Waals surface area contributed by atoms with Gasteiger partial charge in [0.1, 0.15) is 16.6 Å². The van der Waals surface area contributed by atoms with Crippen molar-refractivity contribution < 1.29 is 13.2 Å². The fourth-order valence-corrected chi connectivity index (χ4v) is 6.09. The summed E-state index contributed by atoms with van der Waals surface area (Å²) >= 11 is 2.75. The summed E-state index contributed by atoms with van der Waals surface area (Å²) in [4.78, 5) is 14.5. The Balaban J connectivity index is 0.00000200. The standard InChI is InChI=1S/C24H24N6O3S3.2ClH/c1-36(31,32)30-13-10-17(11-14-30)22-27-24(35-29-22)28-23-20(33-18-7-3-2-4-8-18)15-19(16-26-23)34-21-9-5-6-12-25-21;;/h2-9,12,15-17H,10-11,13-14H2,1H3,(H,26,27,28,29);2*1H. The Morgan fingerprint density at radius 3 is 2.47 bits per heavy atom. The maximum atomic E-state index is 11.8. The number of sulfonamides is 1. The van der Waals surface area contributed by atoms with E-state index in [0.717, 1.165) is 15.7 Å². The second kappa shape index (κ2) is 13.5. The molecule has 0 atom stereocenters. The second-order valence-corrected chi connectivity index (χ2v) is 12.1. The van der Waals surface area contributed by atoms with E-state index in [9.17, 15) is 8.42 Å². The Morgan fingerprint density at radius 1 is 1.05 bits per heavy atom. The number of benzene rings is 1. The fraction of sp³-hybridized carbons (Fsp3) is 0.250. The van der Waals surface area contributed by atoms with Crippen molar-refractivity contribution in [2.24, 2.45) is 0 Å². The van der Waals surface area contributed by atoms with Crippen LogP contribution in [0, 0.1) is 0 Å². The van der Waals surface area contributed by atoms with Crippen LogP contribution in [-0.4, -0.2) is 51.4 Å². The Hall–Kier alpha value is -2.48. The van der Waals surface area contributed by atoms with Crippen LogP contribution in [0.5, 0.6) is 11.5 Å². The molecular formula is C24H26Cl2N6O3S3. The molecule has 1 aliphatic heterocycles.